The van der Waals surface area contributed by atoms with Gasteiger partial charge in [0.05, 0.1) is 31.9 Å². The third-order valence-electron chi connectivity index (χ3n) is 4.12. The van der Waals surface area contributed by atoms with Gasteiger partial charge < -0.3 is 4.90 Å². The Morgan fingerprint density at radius 2 is 2.00 bits per heavy atom. The molecule has 0 aromatic heterocycles. The first kappa shape index (κ1) is 19.1. The second-order valence-electron chi connectivity index (χ2n) is 5.69. The van der Waals surface area contributed by atoms with Crippen LogP contribution < -0.4 is 15.1 Å². The number of carbonyl (C=O) groups is 3. The van der Waals surface area contributed by atoms with Gasteiger partial charge >= 0.3 is 6.03 Å². The highest BCUT2D eigenvalue weighted by atomic mass is 35.5. The molecular weight excluding hydrogens is 344 g/mol. The Morgan fingerprint density at radius 3 is 2.64 bits per heavy atom. The van der Waals surface area contributed by atoms with E-state index in [4.69, 9.17) is 11.6 Å². The number of nitrogens with one attached hydrogen (secondary N) is 2. The number of nitrogens with zero attached hydrogens (tertiary/aromatic N) is 2. The number of rotatable bonds is 7. The molecule has 1 aliphatic rings. The van der Waals surface area contributed by atoms with Crippen molar-refractivity contribution in [3.63, 3.8) is 0 Å². The minimum Gasteiger partial charge on any atom is -0.334 e. The maximum absolute atomic E-state index is 12.6. The smallest absolute Gasteiger partial charge is 0.334 e. The number of anilines is 1. The first-order valence-electron chi connectivity index (χ1n) is 8.25. The number of carbonyl (C=O) groups excluding carboxylic acids is 3. The lowest BCUT2D eigenvalue weighted by atomic mass is 10.1. The van der Waals surface area contributed by atoms with Crippen LogP contribution in [-0.4, -0.2) is 50.2 Å². The number of halogens is 1. The molecule has 0 aliphatic carbocycles. The van der Waals surface area contributed by atoms with Crippen LogP contribution in [0.3, 0.4) is 0 Å². The van der Waals surface area contributed by atoms with Crippen molar-refractivity contribution in [3.8, 4) is 0 Å². The van der Waals surface area contributed by atoms with Gasteiger partial charge in [0.2, 0.25) is 5.91 Å². The number of hydrogen-bond donors (Lipinski definition) is 2. The van der Waals surface area contributed by atoms with Crippen molar-refractivity contribution in [1.82, 2.24) is 5.32 Å². The molecule has 1 saturated heterocycles. The van der Waals surface area contributed by atoms with Gasteiger partial charge in [-0.1, -0.05) is 17.7 Å². The number of quaternary nitrogens is 1. The molecule has 8 heteroatoms. The summed E-state index contributed by atoms with van der Waals surface area (Å²) in [6.07, 6.45) is 1.32. The van der Waals surface area contributed by atoms with Gasteiger partial charge in [-0.2, -0.15) is 0 Å². The van der Waals surface area contributed by atoms with Crippen LogP contribution in [0.1, 0.15) is 13.8 Å². The van der Waals surface area contributed by atoms with Gasteiger partial charge in [0.25, 0.3) is 5.91 Å². The molecular formula is C17H22ClN4O3+. The van der Waals surface area contributed by atoms with Gasteiger partial charge in [-0.15, -0.1) is 0 Å². The van der Waals surface area contributed by atoms with Crippen LogP contribution in [0, 0.1) is 5.92 Å². The number of imide groups is 2. The van der Waals surface area contributed by atoms with Crippen LogP contribution in [-0.2, 0) is 9.59 Å². The summed E-state index contributed by atoms with van der Waals surface area (Å²) in [6.45, 7) is 7.50. The van der Waals surface area contributed by atoms with Crippen LogP contribution in [0.2, 0.25) is 5.02 Å². The van der Waals surface area contributed by atoms with Crippen LogP contribution in [0.15, 0.2) is 29.3 Å². The minimum absolute atomic E-state index is 0.313. The minimum atomic E-state index is -1.12. The zero-order valence-electron chi connectivity index (χ0n) is 14.3. The van der Waals surface area contributed by atoms with Crippen molar-refractivity contribution < 1.29 is 19.3 Å². The SMILES string of the molecule is CC[NH+](CC)CCN=CC1C(=O)NC(=O)N(c2cccc(Cl)c2)C1=O. The maximum Gasteiger partial charge on any atom is 0.335 e. The number of barbiturate groups is 1. The highest BCUT2D eigenvalue weighted by molar-refractivity contribution is 6.34. The largest absolute Gasteiger partial charge is 0.335 e. The zero-order valence-corrected chi connectivity index (χ0v) is 15.0. The van der Waals surface area contributed by atoms with E-state index in [9.17, 15) is 14.4 Å². The van der Waals surface area contributed by atoms with Crippen molar-refractivity contribution >= 4 is 41.3 Å². The summed E-state index contributed by atoms with van der Waals surface area (Å²) in [5.74, 6) is -2.41. The van der Waals surface area contributed by atoms with E-state index in [1.165, 1.54) is 17.2 Å². The Morgan fingerprint density at radius 1 is 1.28 bits per heavy atom. The van der Waals surface area contributed by atoms with Crippen molar-refractivity contribution in [2.24, 2.45) is 10.9 Å². The summed E-state index contributed by atoms with van der Waals surface area (Å²) in [6, 6.07) is 5.56. The molecule has 1 heterocycles. The molecule has 1 aliphatic heterocycles. The predicted molar refractivity (Wildman–Crippen MR) is 96.2 cm³/mol. The van der Waals surface area contributed by atoms with Crippen molar-refractivity contribution in [2.45, 2.75) is 13.8 Å². The zero-order chi connectivity index (χ0) is 18.4. The normalized spacial score (nSPS) is 18.3. The first-order chi connectivity index (χ1) is 12.0. The number of benzene rings is 1. The van der Waals surface area contributed by atoms with E-state index < -0.39 is 23.8 Å². The summed E-state index contributed by atoms with van der Waals surface area (Å²) in [5, 5.41) is 2.58. The Kier molecular flexibility index (Phi) is 6.66. The topological polar surface area (TPSA) is 83.3 Å². The van der Waals surface area contributed by atoms with E-state index in [0.29, 0.717) is 17.3 Å². The fraction of sp³-hybridized carbons (Fsp3) is 0.412. The first-order valence-corrected chi connectivity index (χ1v) is 8.63. The molecule has 2 rings (SSSR count). The number of amides is 4. The highest BCUT2D eigenvalue weighted by Crippen LogP contribution is 2.23. The van der Waals surface area contributed by atoms with Gasteiger partial charge in [0.15, 0.2) is 5.92 Å². The van der Waals surface area contributed by atoms with E-state index in [0.717, 1.165) is 24.5 Å². The molecule has 2 N–H and O–H groups in total. The van der Waals surface area contributed by atoms with Gasteiger partial charge in [0, 0.05) is 11.2 Å². The van der Waals surface area contributed by atoms with E-state index in [-0.39, 0.29) is 0 Å². The molecule has 1 aromatic carbocycles. The molecule has 25 heavy (non-hydrogen) atoms. The number of urea groups is 1. The molecule has 7 nitrogen and oxygen atoms in total. The quantitative estimate of drug-likeness (QED) is 0.546. The van der Waals surface area contributed by atoms with E-state index >= 15 is 0 Å². The van der Waals surface area contributed by atoms with Crippen molar-refractivity contribution in [3.05, 3.63) is 29.3 Å². The summed E-state index contributed by atoms with van der Waals surface area (Å²) in [4.78, 5) is 43.2. The van der Waals surface area contributed by atoms with Gasteiger partial charge in [-0.3, -0.25) is 19.9 Å². The third-order valence-corrected chi connectivity index (χ3v) is 4.35. The fourth-order valence-electron chi connectivity index (χ4n) is 2.59. The Labute approximate surface area is 151 Å². The van der Waals surface area contributed by atoms with Crippen LogP contribution in [0.4, 0.5) is 10.5 Å². The summed E-state index contributed by atoms with van der Waals surface area (Å²) in [7, 11) is 0. The molecule has 1 fully saturated rings. The monoisotopic (exact) mass is 365 g/mol. The summed E-state index contributed by atoms with van der Waals surface area (Å²) >= 11 is 5.92. The molecule has 1 atom stereocenters. The molecule has 4 amide bonds. The molecule has 1 aromatic rings. The number of likely N-dealkylation sites (N-methyl/N-ethyl adjacent to an activating group) is 1. The van der Waals surface area contributed by atoms with Crippen LogP contribution in [0.25, 0.3) is 0 Å². The second-order valence-corrected chi connectivity index (χ2v) is 6.12. The fourth-order valence-corrected chi connectivity index (χ4v) is 2.77. The van der Waals surface area contributed by atoms with E-state index in [1.54, 1.807) is 18.2 Å². The average molecular weight is 366 g/mol. The molecule has 1 unspecified atom stereocenters. The second kappa shape index (κ2) is 8.73. The summed E-state index contributed by atoms with van der Waals surface area (Å²) in [5.41, 5.74) is 0.313. The van der Waals surface area contributed by atoms with Crippen LogP contribution >= 0.6 is 11.6 Å². The lowest BCUT2D eigenvalue weighted by molar-refractivity contribution is -0.894. The van der Waals surface area contributed by atoms with Gasteiger partial charge in [-0.05, 0) is 32.0 Å². The lowest BCUT2D eigenvalue weighted by Gasteiger charge is -2.28. The Balaban J connectivity index is 2.12. The third kappa shape index (κ3) is 4.64. The standard InChI is InChI=1S/C17H21ClN4O3/c1-3-21(4-2)9-8-19-11-14-15(23)20-17(25)22(16(14)24)13-7-5-6-12(18)10-13/h5-7,10-11,14H,3-4,8-9H2,1-2H3,(H,20,23,25)/p+1. The Bertz CT molecular complexity index is 688. The summed E-state index contributed by atoms with van der Waals surface area (Å²) < 4.78 is 0. The maximum atomic E-state index is 12.6. The van der Waals surface area contributed by atoms with Crippen LogP contribution in [0.5, 0.6) is 0 Å². The lowest BCUT2D eigenvalue weighted by Crippen LogP contribution is -3.11. The molecule has 134 valence electrons. The van der Waals surface area contributed by atoms with E-state index in [2.05, 4.69) is 24.2 Å². The van der Waals surface area contributed by atoms with Crippen molar-refractivity contribution in [2.75, 3.05) is 31.1 Å². The molecule has 0 bridgehead atoms. The molecule has 0 saturated carbocycles. The predicted octanol–water partition coefficient (Wildman–Crippen LogP) is 0.534. The van der Waals surface area contributed by atoms with Crippen molar-refractivity contribution in [1.29, 1.82) is 0 Å². The average Bonchev–Trinajstić information content (AvgIpc) is 2.57. The van der Waals surface area contributed by atoms with Gasteiger partial charge in [-0.25, -0.2) is 9.69 Å². The number of hydrogen-bond acceptors (Lipinski definition) is 4. The number of aliphatic imine (C=N–C) groups is 1. The Hall–Kier alpha value is -2.25. The highest BCUT2D eigenvalue weighted by Gasteiger charge is 2.40. The van der Waals surface area contributed by atoms with Gasteiger partial charge in [0.1, 0.15) is 0 Å². The van der Waals surface area contributed by atoms with E-state index in [1.807, 2.05) is 0 Å². The molecule has 0 spiro atoms. The molecule has 0 radical (unpaired) electrons.